The summed E-state index contributed by atoms with van der Waals surface area (Å²) in [5, 5.41) is 16.8. The number of aryl methyl sites for hydroxylation is 2. The molecule has 0 amide bonds. The predicted molar refractivity (Wildman–Crippen MR) is 111 cm³/mol. The van der Waals surface area contributed by atoms with Gasteiger partial charge in [0, 0.05) is 42.8 Å². The molecule has 3 aromatic rings. The minimum Gasteiger partial charge on any atom is -0.477 e. The summed E-state index contributed by atoms with van der Waals surface area (Å²) in [6.45, 7) is 4.49. The van der Waals surface area contributed by atoms with E-state index in [0.717, 1.165) is 5.69 Å². The van der Waals surface area contributed by atoms with E-state index in [0.29, 0.717) is 54.6 Å². The van der Waals surface area contributed by atoms with Crippen LogP contribution >= 0.6 is 0 Å². The number of nitrogens with one attached hydrogen (secondary N) is 1. The minimum absolute atomic E-state index is 0.0862. The molecule has 0 aliphatic carbocycles. The van der Waals surface area contributed by atoms with Crippen molar-refractivity contribution in [2.75, 3.05) is 36.5 Å². The number of nitrogens with zero attached hydrogens (tertiary/aromatic N) is 4. The van der Waals surface area contributed by atoms with Crippen LogP contribution in [0.15, 0.2) is 36.5 Å². The first-order valence-electron chi connectivity index (χ1n) is 9.55. The van der Waals surface area contributed by atoms with Crippen LogP contribution in [0.2, 0.25) is 0 Å². The number of aromatic nitrogens is 3. The Morgan fingerprint density at radius 1 is 1.17 bits per heavy atom. The van der Waals surface area contributed by atoms with Gasteiger partial charge in [0.05, 0.1) is 30.8 Å². The first-order chi connectivity index (χ1) is 14.4. The summed E-state index contributed by atoms with van der Waals surface area (Å²) >= 11 is 0. The fourth-order valence-corrected chi connectivity index (χ4v) is 3.48. The van der Waals surface area contributed by atoms with Crippen LogP contribution in [0.1, 0.15) is 16.2 Å². The smallest absolute Gasteiger partial charge is 0.354 e. The van der Waals surface area contributed by atoms with Gasteiger partial charge >= 0.3 is 5.97 Å². The van der Waals surface area contributed by atoms with Crippen molar-refractivity contribution in [2.45, 2.75) is 6.92 Å². The maximum absolute atomic E-state index is 14.2. The molecule has 1 aliphatic heterocycles. The molecule has 2 aromatic heterocycles. The van der Waals surface area contributed by atoms with Crippen LogP contribution in [0.5, 0.6) is 0 Å². The first-order valence-corrected chi connectivity index (χ1v) is 9.55. The molecule has 4 rings (SSSR count). The molecule has 8 nitrogen and oxygen atoms in total. The fraction of sp³-hybridized carbons (Fsp3) is 0.286. The number of ether oxygens (including phenoxy) is 1. The molecule has 0 bridgehead atoms. The number of benzene rings is 1. The van der Waals surface area contributed by atoms with E-state index in [1.807, 2.05) is 19.1 Å². The Morgan fingerprint density at radius 2 is 1.93 bits per heavy atom. The maximum Gasteiger partial charge on any atom is 0.354 e. The average molecular weight is 411 g/mol. The van der Waals surface area contributed by atoms with Crippen LogP contribution in [-0.2, 0) is 11.8 Å². The van der Waals surface area contributed by atoms with Crippen molar-refractivity contribution >= 4 is 23.0 Å². The Kier molecular flexibility index (Phi) is 5.37. The molecule has 1 aromatic carbocycles. The van der Waals surface area contributed by atoms with E-state index in [1.165, 1.54) is 22.9 Å². The topological polar surface area (TPSA) is 92.5 Å². The van der Waals surface area contributed by atoms with Gasteiger partial charge in [0.1, 0.15) is 11.5 Å². The Morgan fingerprint density at radius 3 is 2.63 bits per heavy atom. The second-order valence-electron chi connectivity index (χ2n) is 7.12. The van der Waals surface area contributed by atoms with Crippen molar-refractivity contribution in [1.29, 1.82) is 0 Å². The zero-order valence-corrected chi connectivity index (χ0v) is 16.7. The molecule has 2 N–H and O–H groups in total. The zero-order valence-electron chi connectivity index (χ0n) is 16.7. The van der Waals surface area contributed by atoms with E-state index in [-0.39, 0.29) is 11.5 Å². The van der Waals surface area contributed by atoms with E-state index < -0.39 is 5.97 Å². The summed E-state index contributed by atoms with van der Waals surface area (Å²) in [4.78, 5) is 17.8. The lowest BCUT2D eigenvalue weighted by molar-refractivity contribution is 0.0685. The molecule has 9 heteroatoms. The van der Waals surface area contributed by atoms with Crippen LogP contribution in [0.25, 0.3) is 11.3 Å². The van der Waals surface area contributed by atoms with Gasteiger partial charge in [0.25, 0.3) is 0 Å². The molecule has 1 saturated heterocycles. The highest BCUT2D eigenvalue weighted by atomic mass is 19.1. The Labute approximate surface area is 172 Å². The van der Waals surface area contributed by atoms with Crippen LogP contribution in [0.3, 0.4) is 0 Å². The highest BCUT2D eigenvalue weighted by Crippen LogP contribution is 2.29. The standard InChI is InChI=1S/C21H22FN5O3/c1-13-18(19-11-20(21(28)29)26(2)25-19)10-16(12-23-13)24-15-7-14(22)8-17(9-15)27-3-5-30-6-4-27/h7-12,24H,3-6H2,1-2H3,(H,28,29). The third-order valence-corrected chi connectivity index (χ3v) is 5.01. The quantitative estimate of drug-likeness (QED) is 0.666. The van der Waals surface area contributed by atoms with E-state index in [4.69, 9.17) is 4.74 Å². The van der Waals surface area contributed by atoms with Gasteiger partial charge in [-0.15, -0.1) is 0 Å². The molecular formula is C21H22FN5O3. The first kappa shape index (κ1) is 19.8. The van der Waals surface area contributed by atoms with Crippen molar-refractivity contribution in [1.82, 2.24) is 14.8 Å². The van der Waals surface area contributed by atoms with E-state index in [1.54, 1.807) is 13.2 Å². The number of morpholine rings is 1. The van der Waals surface area contributed by atoms with Crippen molar-refractivity contribution in [2.24, 2.45) is 7.05 Å². The van der Waals surface area contributed by atoms with Gasteiger partial charge in [0.15, 0.2) is 0 Å². The van der Waals surface area contributed by atoms with Crippen LogP contribution < -0.4 is 10.2 Å². The molecular weight excluding hydrogens is 389 g/mol. The predicted octanol–water partition coefficient (Wildman–Crippen LogP) is 3.21. The number of carbonyl (C=O) groups is 1. The number of aromatic carboxylic acids is 1. The summed E-state index contributed by atoms with van der Waals surface area (Å²) < 4.78 is 20.9. The van der Waals surface area contributed by atoms with Crippen molar-refractivity contribution in [3.8, 4) is 11.3 Å². The number of carboxylic acid groups (broad SMARTS) is 1. The number of carboxylic acids is 1. The molecule has 0 spiro atoms. The van der Waals surface area contributed by atoms with Crippen LogP contribution in [-0.4, -0.2) is 52.1 Å². The maximum atomic E-state index is 14.2. The van der Waals surface area contributed by atoms with E-state index >= 15 is 0 Å². The Balaban J connectivity index is 1.63. The van der Waals surface area contributed by atoms with Gasteiger partial charge in [-0.1, -0.05) is 0 Å². The average Bonchev–Trinajstić information content (AvgIpc) is 3.11. The normalized spacial score (nSPS) is 14.0. The summed E-state index contributed by atoms with van der Waals surface area (Å²) in [5.41, 5.74) is 4.05. The lowest BCUT2D eigenvalue weighted by atomic mass is 10.1. The van der Waals surface area contributed by atoms with Crippen LogP contribution in [0, 0.1) is 12.7 Å². The molecule has 156 valence electrons. The largest absolute Gasteiger partial charge is 0.477 e. The number of hydrogen-bond acceptors (Lipinski definition) is 6. The molecule has 0 radical (unpaired) electrons. The summed E-state index contributed by atoms with van der Waals surface area (Å²) in [5.74, 6) is -1.39. The summed E-state index contributed by atoms with van der Waals surface area (Å²) in [7, 11) is 1.58. The Bertz CT molecular complexity index is 1090. The van der Waals surface area contributed by atoms with Gasteiger partial charge in [-0.05, 0) is 37.3 Å². The Hall–Kier alpha value is -3.46. The monoisotopic (exact) mass is 411 g/mol. The number of halogens is 1. The summed E-state index contributed by atoms with van der Waals surface area (Å²) in [6, 6.07) is 8.16. The molecule has 0 saturated carbocycles. The van der Waals surface area contributed by atoms with Crippen LogP contribution in [0.4, 0.5) is 21.5 Å². The second kappa shape index (κ2) is 8.11. The minimum atomic E-state index is -1.05. The van der Waals surface area contributed by atoms with E-state index in [9.17, 15) is 14.3 Å². The SMILES string of the molecule is Cc1ncc(Nc2cc(F)cc(N3CCOCC3)c2)cc1-c1cc(C(=O)O)n(C)n1. The van der Waals surface area contributed by atoms with Gasteiger partial charge in [-0.2, -0.15) is 5.10 Å². The van der Waals surface area contributed by atoms with Gasteiger partial charge < -0.3 is 20.1 Å². The number of anilines is 3. The lowest BCUT2D eigenvalue weighted by Crippen LogP contribution is -2.36. The van der Waals surface area contributed by atoms with Crippen molar-refractivity contribution in [3.05, 3.63) is 53.7 Å². The highest BCUT2D eigenvalue weighted by Gasteiger charge is 2.16. The van der Waals surface area contributed by atoms with Gasteiger partial charge in [-0.3, -0.25) is 9.67 Å². The molecule has 1 fully saturated rings. The van der Waals surface area contributed by atoms with E-state index in [2.05, 4.69) is 20.3 Å². The lowest BCUT2D eigenvalue weighted by Gasteiger charge is -2.29. The second-order valence-corrected chi connectivity index (χ2v) is 7.12. The zero-order chi connectivity index (χ0) is 21.3. The van der Waals surface area contributed by atoms with Gasteiger partial charge in [0.2, 0.25) is 0 Å². The molecule has 0 atom stereocenters. The molecule has 30 heavy (non-hydrogen) atoms. The fourth-order valence-electron chi connectivity index (χ4n) is 3.48. The summed E-state index contributed by atoms with van der Waals surface area (Å²) in [6.07, 6.45) is 1.65. The molecule has 3 heterocycles. The number of pyridine rings is 1. The van der Waals surface area contributed by atoms with Crippen molar-refractivity contribution < 1.29 is 19.0 Å². The highest BCUT2D eigenvalue weighted by molar-refractivity contribution is 5.87. The number of hydrogen-bond donors (Lipinski definition) is 2. The molecule has 1 aliphatic rings. The number of rotatable bonds is 5. The third-order valence-electron chi connectivity index (χ3n) is 5.01. The molecule has 0 unspecified atom stereocenters. The van der Waals surface area contributed by atoms with Gasteiger partial charge in [-0.25, -0.2) is 9.18 Å². The van der Waals surface area contributed by atoms with Crippen molar-refractivity contribution in [3.63, 3.8) is 0 Å². The third kappa shape index (κ3) is 4.11.